The minimum Gasteiger partial charge on any atom is -0.497 e. The first kappa shape index (κ1) is 35.7. The molecule has 11 heteroatoms. The van der Waals surface area contributed by atoms with Crippen molar-refractivity contribution in [2.45, 2.75) is 69.4 Å². The van der Waals surface area contributed by atoms with Gasteiger partial charge >= 0.3 is 6.09 Å². The van der Waals surface area contributed by atoms with Crippen LogP contribution in [0.25, 0.3) is 0 Å². The molecule has 262 valence electrons. The standard InChI is InChI=1S/C38H47N3O8/c1-25(2)21-33(39-35(43)34-11-8-20-40(34)37(45)46)36(44)41-23-30(42)22-29(41)24-49-38(26-9-6-5-7-10-26,27-12-16-31(47-3)17-13-27)28-14-18-32(48-4)19-15-28/h5-7,9-10,12-19,25,29-30,33-34,42H,8,11,20-24H2,1-4H3,(H,39,43)(H,45,46)/t29-,30+,33-,34-/m0/s1. The van der Waals surface area contributed by atoms with E-state index in [1.807, 2.05) is 92.7 Å². The largest absolute Gasteiger partial charge is 0.497 e. The number of benzene rings is 3. The number of aliphatic hydroxyl groups is 1. The average Bonchev–Trinajstić information content (AvgIpc) is 3.76. The Morgan fingerprint density at radius 1 is 0.878 bits per heavy atom. The molecule has 2 aliphatic heterocycles. The lowest BCUT2D eigenvalue weighted by atomic mass is 9.80. The third-order valence-corrected chi connectivity index (χ3v) is 9.46. The van der Waals surface area contributed by atoms with Gasteiger partial charge in [0.2, 0.25) is 11.8 Å². The van der Waals surface area contributed by atoms with Crippen molar-refractivity contribution in [3.8, 4) is 11.5 Å². The molecule has 49 heavy (non-hydrogen) atoms. The van der Waals surface area contributed by atoms with Gasteiger partial charge in [0.1, 0.15) is 29.2 Å². The van der Waals surface area contributed by atoms with E-state index in [0.717, 1.165) is 21.6 Å². The van der Waals surface area contributed by atoms with Crippen molar-refractivity contribution in [2.24, 2.45) is 5.92 Å². The van der Waals surface area contributed by atoms with E-state index in [9.17, 15) is 24.6 Å². The van der Waals surface area contributed by atoms with Crippen LogP contribution in [0.3, 0.4) is 0 Å². The molecule has 3 N–H and O–H groups in total. The van der Waals surface area contributed by atoms with Crippen LogP contribution >= 0.6 is 0 Å². The zero-order valence-corrected chi connectivity index (χ0v) is 28.6. The Bertz CT molecular complexity index is 1520. The van der Waals surface area contributed by atoms with Crippen LogP contribution in [0.1, 0.15) is 56.2 Å². The van der Waals surface area contributed by atoms with Gasteiger partial charge in [0.05, 0.1) is 33.0 Å². The molecule has 0 saturated carbocycles. The maximum atomic E-state index is 14.3. The average molecular weight is 674 g/mol. The molecule has 3 aromatic carbocycles. The third kappa shape index (κ3) is 7.84. The fourth-order valence-corrected chi connectivity index (χ4v) is 7.04. The number of hydrogen-bond acceptors (Lipinski definition) is 7. The number of aliphatic hydroxyl groups excluding tert-OH is 1. The van der Waals surface area contributed by atoms with E-state index in [-0.39, 0.29) is 31.5 Å². The van der Waals surface area contributed by atoms with E-state index < -0.39 is 41.8 Å². The smallest absolute Gasteiger partial charge is 0.407 e. The molecule has 2 heterocycles. The molecule has 2 aliphatic rings. The predicted molar refractivity (Wildman–Crippen MR) is 184 cm³/mol. The highest BCUT2D eigenvalue weighted by molar-refractivity contribution is 5.91. The molecule has 5 rings (SSSR count). The van der Waals surface area contributed by atoms with Gasteiger partial charge in [0.25, 0.3) is 0 Å². The van der Waals surface area contributed by atoms with Crippen molar-refractivity contribution in [1.29, 1.82) is 0 Å². The molecule has 0 aromatic heterocycles. The minimum atomic E-state index is -1.15. The number of nitrogens with one attached hydrogen (secondary N) is 1. The van der Waals surface area contributed by atoms with Crippen molar-refractivity contribution >= 4 is 17.9 Å². The number of rotatable bonds is 13. The summed E-state index contributed by atoms with van der Waals surface area (Å²) in [6.45, 7) is 4.37. The van der Waals surface area contributed by atoms with E-state index in [1.54, 1.807) is 19.1 Å². The molecule has 4 atom stereocenters. The zero-order valence-electron chi connectivity index (χ0n) is 28.6. The number of carboxylic acid groups (broad SMARTS) is 1. The van der Waals surface area contributed by atoms with Gasteiger partial charge in [0.15, 0.2) is 0 Å². The first-order valence-corrected chi connectivity index (χ1v) is 16.8. The van der Waals surface area contributed by atoms with Gasteiger partial charge in [-0.1, -0.05) is 68.4 Å². The molecule has 0 radical (unpaired) electrons. The maximum absolute atomic E-state index is 14.3. The maximum Gasteiger partial charge on any atom is 0.407 e. The first-order valence-electron chi connectivity index (χ1n) is 16.8. The van der Waals surface area contributed by atoms with Gasteiger partial charge in [-0.15, -0.1) is 0 Å². The molecule has 0 unspecified atom stereocenters. The highest BCUT2D eigenvalue weighted by Gasteiger charge is 2.44. The Kier molecular flexibility index (Phi) is 11.5. The molecule has 3 aromatic rings. The molecule has 0 bridgehead atoms. The van der Waals surface area contributed by atoms with Gasteiger partial charge in [0, 0.05) is 13.1 Å². The lowest BCUT2D eigenvalue weighted by Gasteiger charge is -2.38. The van der Waals surface area contributed by atoms with Crippen LogP contribution in [0, 0.1) is 5.92 Å². The van der Waals surface area contributed by atoms with Gasteiger partial charge in [-0.2, -0.15) is 0 Å². The lowest BCUT2D eigenvalue weighted by Crippen LogP contribution is -2.55. The number of methoxy groups -OCH3 is 2. The second kappa shape index (κ2) is 15.7. The second-order valence-corrected chi connectivity index (χ2v) is 13.2. The highest BCUT2D eigenvalue weighted by Crippen LogP contribution is 2.42. The van der Waals surface area contributed by atoms with E-state index in [4.69, 9.17) is 14.2 Å². The summed E-state index contributed by atoms with van der Waals surface area (Å²) in [5, 5.41) is 23.4. The Balaban J connectivity index is 1.47. The van der Waals surface area contributed by atoms with Crippen LogP contribution in [0.5, 0.6) is 11.5 Å². The summed E-state index contributed by atoms with van der Waals surface area (Å²) in [5.74, 6) is 0.642. The molecule has 11 nitrogen and oxygen atoms in total. The van der Waals surface area contributed by atoms with E-state index >= 15 is 0 Å². The lowest BCUT2D eigenvalue weighted by molar-refractivity contribution is -0.140. The Morgan fingerprint density at radius 3 is 1.98 bits per heavy atom. The highest BCUT2D eigenvalue weighted by atomic mass is 16.5. The third-order valence-electron chi connectivity index (χ3n) is 9.46. The number of ether oxygens (including phenoxy) is 3. The van der Waals surface area contributed by atoms with Crippen LogP contribution < -0.4 is 14.8 Å². The predicted octanol–water partition coefficient (Wildman–Crippen LogP) is 4.65. The molecule has 2 saturated heterocycles. The Morgan fingerprint density at radius 2 is 1.45 bits per heavy atom. The van der Waals surface area contributed by atoms with Crippen molar-refractivity contribution in [1.82, 2.24) is 15.1 Å². The topological polar surface area (TPSA) is 138 Å². The summed E-state index contributed by atoms with van der Waals surface area (Å²) < 4.78 is 18.0. The van der Waals surface area contributed by atoms with Crippen molar-refractivity contribution < 1.29 is 38.8 Å². The van der Waals surface area contributed by atoms with Crippen LogP contribution in [-0.4, -0.2) is 96.1 Å². The molecular formula is C38H47N3O8. The zero-order chi connectivity index (χ0) is 35.1. The van der Waals surface area contributed by atoms with Gasteiger partial charge in [-0.05, 0) is 72.6 Å². The Labute approximate surface area is 287 Å². The summed E-state index contributed by atoms with van der Waals surface area (Å²) >= 11 is 0. The Hall–Kier alpha value is -4.61. The monoisotopic (exact) mass is 673 g/mol. The number of likely N-dealkylation sites (tertiary alicyclic amines) is 2. The molecule has 0 spiro atoms. The fraction of sp³-hybridized carbons (Fsp3) is 0.447. The molecule has 3 amide bonds. The van der Waals surface area contributed by atoms with Crippen molar-refractivity contribution in [2.75, 3.05) is 33.9 Å². The van der Waals surface area contributed by atoms with E-state index in [0.29, 0.717) is 37.2 Å². The number of hydrogen-bond donors (Lipinski definition) is 3. The summed E-state index contributed by atoms with van der Waals surface area (Å²) in [4.78, 5) is 42.1. The van der Waals surface area contributed by atoms with Gasteiger partial charge in [-0.25, -0.2) is 4.79 Å². The normalized spacial score (nSPS) is 19.9. The number of carbonyl (C=O) groups is 3. The van der Waals surface area contributed by atoms with Gasteiger partial charge < -0.3 is 34.6 Å². The summed E-state index contributed by atoms with van der Waals surface area (Å²) in [6.07, 6.45) is -0.303. The van der Waals surface area contributed by atoms with Crippen molar-refractivity contribution in [3.05, 3.63) is 95.6 Å². The van der Waals surface area contributed by atoms with E-state index in [2.05, 4.69) is 5.32 Å². The minimum absolute atomic E-state index is 0.0616. The summed E-state index contributed by atoms with van der Waals surface area (Å²) in [6, 6.07) is 22.9. The second-order valence-electron chi connectivity index (χ2n) is 13.2. The number of amides is 3. The first-order chi connectivity index (χ1) is 23.6. The van der Waals surface area contributed by atoms with Crippen molar-refractivity contribution in [3.63, 3.8) is 0 Å². The number of nitrogens with zero attached hydrogens (tertiary/aromatic N) is 2. The number of β-amino-alcohol motifs (C(OH)–C–C–N with tert-alkyl or cyclic N) is 1. The molecule has 0 aliphatic carbocycles. The van der Waals surface area contributed by atoms with Gasteiger partial charge in [-0.3, -0.25) is 14.5 Å². The van der Waals surface area contributed by atoms with E-state index in [1.165, 1.54) is 0 Å². The van der Waals surface area contributed by atoms with Crippen LogP contribution in [0.15, 0.2) is 78.9 Å². The summed E-state index contributed by atoms with van der Waals surface area (Å²) in [5.41, 5.74) is 1.43. The number of carbonyl (C=O) groups excluding carboxylic acids is 2. The fourth-order valence-electron chi connectivity index (χ4n) is 7.04. The molecule has 2 fully saturated rings. The molecular weight excluding hydrogens is 626 g/mol. The van der Waals surface area contributed by atoms with Crippen LogP contribution in [0.2, 0.25) is 0 Å². The summed E-state index contributed by atoms with van der Waals surface area (Å²) in [7, 11) is 3.22. The van der Waals surface area contributed by atoms with Crippen LogP contribution in [0.4, 0.5) is 4.79 Å². The van der Waals surface area contributed by atoms with Crippen LogP contribution in [-0.2, 0) is 19.9 Å². The quantitative estimate of drug-likeness (QED) is 0.223. The SMILES string of the molecule is COc1ccc(C(OC[C@@H]2C[C@@H](O)CN2C(=O)[C@H](CC(C)C)NC(=O)[C@@H]2CCCN2C(=O)O)(c2ccccc2)c2ccc(OC)cc2)cc1.